The first-order chi connectivity index (χ1) is 12.5. The summed E-state index contributed by atoms with van der Waals surface area (Å²) in [5.74, 6) is -1.42. The molecule has 1 aromatic rings. The van der Waals surface area contributed by atoms with Crippen molar-refractivity contribution in [3.8, 4) is 17.6 Å². The quantitative estimate of drug-likeness (QED) is 0.455. The van der Waals surface area contributed by atoms with Crippen molar-refractivity contribution >= 4 is 17.8 Å². The number of amides is 2. The molecule has 1 aliphatic heterocycles. The standard InChI is InChI=1S/C19H20N2O5/c1-2-25-16-9-12(10-20)7-8-15(16)26-17(22)11-21-18(23)13-5-3-4-6-14(13)19(21)24/h7-9,13-14H,2-6,11H2,1H3. The maximum atomic E-state index is 12.4. The predicted molar refractivity (Wildman–Crippen MR) is 90.1 cm³/mol. The summed E-state index contributed by atoms with van der Waals surface area (Å²) in [6.45, 7) is 1.70. The summed E-state index contributed by atoms with van der Waals surface area (Å²) < 4.78 is 10.7. The lowest BCUT2D eigenvalue weighted by Crippen LogP contribution is -2.37. The molecule has 2 amide bonds. The lowest BCUT2D eigenvalue weighted by Gasteiger charge is -2.19. The molecule has 0 N–H and O–H groups in total. The molecule has 1 heterocycles. The van der Waals surface area contributed by atoms with E-state index >= 15 is 0 Å². The van der Waals surface area contributed by atoms with Crippen LogP contribution in [0, 0.1) is 23.2 Å². The zero-order valence-electron chi connectivity index (χ0n) is 14.6. The highest BCUT2D eigenvalue weighted by molar-refractivity contribution is 6.07. The summed E-state index contributed by atoms with van der Waals surface area (Å²) >= 11 is 0. The summed E-state index contributed by atoms with van der Waals surface area (Å²) in [7, 11) is 0. The van der Waals surface area contributed by atoms with Gasteiger partial charge in [-0.25, -0.2) is 4.79 Å². The summed E-state index contributed by atoms with van der Waals surface area (Å²) in [4.78, 5) is 38.2. The monoisotopic (exact) mass is 356 g/mol. The van der Waals surface area contributed by atoms with Gasteiger partial charge in [-0.1, -0.05) is 12.8 Å². The molecule has 1 aliphatic carbocycles. The number of nitrogens with zero attached hydrogens (tertiary/aromatic N) is 2. The number of carbonyl (C=O) groups is 3. The second-order valence-corrected chi connectivity index (χ2v) is 6.44. The van der Waals surface area contributed by atoms with E-state index in [-0.39, 0.29) is 35.1 Å². The van der Waals surface area contributed by atoms with Crippen LogP contribution in [0.5, 0.6) is 11.5 Å². The van der Waals surface area contributed by atoms with Gasteiger partial charge in [0.15, 0.2) is 11.5 Å². The van der Waals surface area contributed by atoms with Gasteiger partial charge in [0.2, 0.25) is 11.8 Å². The lowest BCUT2D eigenvalue weighted by molar-refractivity contribution is -0.148. The Morgan fingerprint density at radius 1 is 1.19 bits per heavy atom. The van der Waals surface area contributed by atoms with Crippen molar-refractivity contribution in [3.05, 3.63) is 23.8 Å². The lowest BCUT2D eigenvalue weighted by atomic mass is 9.81. The van der Waals surface area contributed by atoms with E-state index in [2.05, 4.69) is 0 Å². The zero-order chi connectivity index (χ0) is 18.7. The average molecular weight is 356 g/mol. The largest absolute Gasteiger partial charge is 0.490 e. The zero-order valence-corrected chi connectivity index (χ0v) is 14.6. The first-order valence-corrected chi connectivity index (χ1v) is 8.78. The smallest absolute Gasteiger partial charge is 0.331 e. The third-order valence-electron chi connectivity index (χ3n) is 4.82. The van der Waals surface area contributed by atoms with Crippen molar-refractivity contribution < 1.29 is 23.9 Å². The predicted octanol–water partition coefficient (Wildman–Crippen LogP) is 2.04. The van der Waals surface area contributed by atoms with Crippen LogP contribution in [0.1, 0.15) is 38.2 Å². The molecule has 2 fully saturated rings. The number of carbonyl (C=O) groups excluding carboxylic acids is 3. The van der Waals surface area contributed by atoms with Gasteiger partial charge in [-0.05, 0) is 31.9 Å². The van der Waals surface area contributed by atoms with Gasteiger partial charge in [0.1, 0.15) is 6.54 Å². The van der Waals surface area contributed by atoms with Crippen molar-refractivity contribution in [3.63, 3.8) is 0 Å². The minimum atomic E-state index is -0.712. The van der Waals surface area contributed by atoms with E-state index in [0.717, 1.165) is 17.7 Å². The van der Waals surface area contributed by atoms with Crippen LogP contribution < -0.4 is 9.47 Å². The number of likely N-dealkylation sites (tertiary alicyclic amines) is 1. The maximum absolute atomic E-state index is 12.4. The van der Waals surface area contributed by atoms with Gasteiger partial charge in [-0.3, -0.25) is 14.5 Å². The average Bonchev–Trinajstić information content (AvgIpc) is 2.88. The molecule has 2 unspecified atom stereocenters. The van der Waals surface area contributed by atoms with Gasteiger partial charge in [-0.15, -0.1) is 0 Å². The molecule has 0 bridgehead atoms. The van der Waals surface area contributed by atoms with E-state index in [1.165, 1.54) is 18.2 Å². The fourth-order valence-corrected chi connectivity index (χ4v) is 3.60. The van der Waals surface area contributed by atoms with Gasteiger partial charge in [-0.2, -0.15) is 5.26 Å². The number of hydrogen-bond acceptors (Lipinski definition) is 6. The Kier molecular flexibility index (Phi) is 5.21. The SMILES string of the molecule is CCOc1cc(C#N)ccc1OC(=O)CN1C(=O)C2CCCCC2C1=O. The van der Waals surface area contributed by atoms with Crippen LogP contribution in [0.4, 0.5) is 0 Å². The van der Waals surface area contributed by atoms with Gasteiger partial charge >= 0.3 is 5.97 Å². The molecule has 1 saturated carbocycles. The van der Waals surface area contributed by atoms with Crippen molar-refractivity contribution in [1.29, 1.82) is 5.26 Å². The molecular formula is C19H20N2O5. The van der Waals surface area contributed by atoms with E-state index in [1.54, 1.807) is 6.92 Å². The number of esters is 1. The van der Waals surface area contributed by atoms with E-state index in [0.29, 0.717) is 25.0 Å². The molecule has 7 nitrogen and oxygen atoms in total. The first kappa shape index (κ1) is 17.9. The Morgan fingerprint density at radius 2 is 1.85 bits per heavy atom. The summed E-state index contributed by atoms with van der Waals surface area (Å²) in [6, 6.07) is 6.44. The summed E-state index contributed by atoms with van der Waals surface area (Å²) in [6.07, 6.45) is 3.26. The molecule has 2 aliphatic rings. The first-order valence-electron chi connectivity index (χ1n) is 8.78. The molecule has 1 saturated heterocycles. The molecule has 1 aromatic carbocycles. The Balaban J connectivity index is 1.70. The van der Waals surface area contributed by atoms with Crippen LogP contribution >= 0.6 is 0 Å². The Bertz CT molecular complexity index is 759. The molecule has 0 aromatic heterocycles. The molecule has 0 spiro atoms. The number of imide groups is 1. The Hall–Kier alpha value is -2.88. The van der Waals surface area contributed by atoms with Crippen LogP contribution in [-0.2, 0) is 14.4 Å². The summed E-state index contributed by atoms with van der Waals surface area (Å²) in [5, 5.41) is 8.96. The number of nitriles is 1. The van der Waals surface area contributed by atoms with Crippen molar-refractivity contribution in [2.75, 3.05) is 13.2 Å². The van der Waals surface area contributed by atoms with Gasteiger partial charge < -0.3 is 9.47 Å². The molecule has 3 rings (SSSR count). The fourth-order valence-electron chi connectivity index (χ4n) is 3.60. The molecule has 0 radical (unpaired) electrons. The minimum Gasteiger partial charge on any atom is -0.490 e. The molecular weight excluding hydrogens is 336 g/mol. The molecule has 7 heteroatoms. The Labute approximate surface area is 151 Å². The normalized spacial score (nSPS) is 21.9. The number of fused-ring (bicyclic) bond motifs is 1. The second kappa shape index (κ2) is 7.56. The van der Waals surface area contributed by atoms with E-state index in [9.17, 15) is 14.4 Å². The number of hydrogen-bond donors (Lipinski definition) is 0. The molecule has 26 heavy (non-hydrogen) atoms. The minimum absolute atomic E-state index is 0.160. The highest BCUT2D eigenvalue weighted by Gasteiger charge is 2.48. The van der Waals surface area contributed by atoms with E-state index in [1.807, 2.05) is 6.07 Å². The highest BCUT2D eigenvalue weighted by Crippen LogP contribution is 2.38. The fraction of sp³-hybridized carbons (Fsp3) is 0.474. The van der Waals surface area contributed by atoms with Crippen LogP contribution in [0.25, 0.3) is 0 Å². The second-order valence-electron chi connectivity index (χ2n) is 6.44. The maximum Gasteiger partial charge on any atom is 0.331 e. The van der Waals surface area contributed by atoms with Crippen molar-refractivity contribution in [1.82, 2.24) is 4.90 Å². The van der Waals surface area contributed by atoms with E-state index < -0.39 is 12.5 Å². The number of rotatable bonds is 5. The van der Waals surface area contributed by atoms with Crippen LogP contribution in [0.15, 0.2) is 18.2 Å². The Morgan fingerprint density at radius 3 is 2.42 bits per heavy atom. The van der Waals surface area contributed by atoms with Crippen LogP contribution in [-0.4, -0.2) is 35.8 Å². The van der Waals surface area contributed by atoms with Gasteiger partial charge in [0.25, 0.3) is 0 Å². The third-order valence-corrected chi connectivity index (χ3v) is 4.82. The van der Waals surface area contributed by atoms with Crippen LogP contribution in [0.3, 0.4) is 0 Å². The summed E-state index contributed by atoms with van der Waals surface area (Å²) in [5.41, 5.74) is 0.377. The third kappa shape index (κ3) is 3.40. The number of benzene rings is 1. The van der Waals surface area contributed by atoms with Crippen molar-refractivity contribution in [2.24, 2.45) is 11.8 Å². The van der Waals surface area contributed by atoms with Crippen molar-refractivity contribution in [2.45, 2.75) is 32.6 Å². The molecule has 136 valence electrons. The van der Waals surface area contributed by atoms with Gasteiger partial charge in [0, 0.05) is 6.07 Å². The molecule has 2 atom stereocenters. The van der Waals surface area contributed by atoms with Gasteiger partial charge in [0.05, 0.1) is 30.1 Å². The van der Waals surface area contributed by atoms with E-state index in [4.69, 9.17) is 14.7 Å². The highest BCUT2D eigenvalue weighted by atomic mass is 16.6. The van der Waals surface area contributed by atoms with Crippen LogP contribution in [0.2, 0.25) is 0 Å². The topological polar surface area (TPSA) is 96.7 Å². The number of ether oxygens (including phenoxy) is 2.